The first-order chi connectivity index (χ1) is 16.1. The van der Waals surface area contributed by atoms with Gasteiger partial charge in [0.1, 0.15) is 17.9 Å². The van der Waals surface area contributed by atoms with Gasteiger partial charge in [0.2, 0.25) is 6.23 Å². The van der Waals surface area contributed by atoms with Gasteiger partial charge < -0.3 is 19.1 Å². The van der Waals surface area contributed by atoms with Crippen molar-refractivity contribution < 1.29 is 41.8 Å². The maximum absolute atomic E-state index is 14.8. The molecule has 0 radical (unpaired) electrons. The van der Waals surface area contributed by atoms with Gasteiger partial charge in [-0.25, -0.2) is 9.36 Å². The van der Waals surface area contributed by atoms with Gasteiger partial charge in [0.25, 0.3) is 0 Å². The summed E-state index contributed by atoms with van der Waals surface area (Å²) in [6.45, 7) is 0.808. The molecule has 1 aromatic heterocycles. The maximum Gasteiger partial charge on any atom is 0.459 e. The lowest BCUT2D eigenvalue weighted by atomic mass is 10.1. The predicted octanol–water partition coefficient (Wildman–Crippen LogP) is 1.55. The van der Waals surface area contributed by atoms with Crippen LogP contribution < -0.4 is 15.3 Å². The Morgan fingerprint density at radius 3 is 2.68 bits per heavy atom. The second kappa shape index (κ2) is 9.51. The number of para-hydroxylation sites is 1. The standard InChI is InChI=1S/C20H22F2N3O8P/c1-12-7-9-25(19(28)23-12)18-20(21,22)16(26)15(32-18)11-31-34(29,24-14-8-10-30-17(14)27)33-13-5-3-2-4-6-13/h2-7,9,14-16,18,26H,8,10-11H2,1H3,(H,24,29). The number of benzene rings is 1. The van der Waals surface area contributed by atoms with Crippen LogP contribution in [-0.4, -0.2) is 58.0 Å². The first kappa shape index (κ1) is 24.4. The predicted molar refractivity (Wildman–Crippen MR) is 111 cm³/mol. The van der Waals surface area contributed by atoms with E-state index in [1.807, 2.05) is 0 Å². The zero-order chi connectivity index (χ0) is 24.5. The van der Waals surface area contributed by atoms with Crippen molar-refractivity contribution in [1.29, 1.82) is 0 Å². The molecule has 2 saturated heterocycles. The molecule has 0 amide bonds. The summed E-state index contributed by atoms with van der Waals surface area (Å²) in [6, 6.07) is 8.18. The third kappa shape index (κ3) is 5.03. The Morgan fingerprint density at radius 2 is 2.03 bits per heavy atom. The molecule has 0 spiro atoms. The number of aromatic nitrogens is 2. The van der Waals surface area contributed by atoms with E-state index >= 15 is 0 Å². The molecular weight excluding hydrogens is 479 g/mol. The number of esters is 1. The Kier molecular flexibility index (Phi) is 6.83. The fourth-order valence-corrected chi connectivity index (χ4v) is 5.01. The van der Waals surface area contributed by atoms with Crippen LogP contribution >= 0.6 is 7.75 Å². The van der Waals surface area contributed by atoms with Gasteiger partial charge in [-0.05, 0) is 25.1 Å². The SMILES string of the molecule is Cc1ccn(C2OC(COP(=O)(NC3CCOC3=O)Oc3ccccc3)C(O)C2(F)F)c(=O)n1. The summed E-state index contributed by atoms with van der Waals surface area (Å²) in [5.41, 5.74) is -0.670. The van der Waals surface area contributed by atoms with E-state index in [1.54, 1.807) is 18.2 Å². The van der Waals surface area contributed by atoms with Gasteiger partial charge in [-0.2, -0.15) is 18.9 Å². The number of ether oxygens (including phenoxy) is 2. The van der Waals surface area contributed by atoms with E-state index < -0.39 is 56.4 Å². The molecule has 1 aromatic carbocycles. The number of hydrogen-bond donors (Lipinski definition) is 2. The summed E-state index contributed by atoms with van der Waals surface area (Å²) in [6.07, 6.45) is -4.97. The van der Waals surface area contributed by atoms with Crippen molar-refractivity contribution in [3.63, 3.8) is 0 Å². The van der Waals surface area contributed by atoms with Gasteiger partial charge in [-0.1, -0.05) is 18.2 Å². The molecule has 0 bridgehead atoms. The molecule has 0 saturated carbocycles. The normalized spacial score (nSPS) is 27.8. The minimum atomic E-state index is -4.32. The summed E-state index contributed by atoms with van der Waals surface area (Å²) < 4.78 is 64.3. The molecule has 2 aromatic rings. The van der Waals surface area contributed by atoms with E-state index in [4.69, 9.17) is 18.5 Å². The molecule has 14 heteroatoms. The number of nitrogens with zero attached hydrogens (tertiary/aromatic N) is 2. The highest BCUT2D eigenvalue weighted by Gasteiger charge is 2.60. The van der Waals surface area contributed by atoms with Gasteiger partial charge in [-0.3, -0.25) is 13.9 Å². The van der Waals surface area contributed by atoms with Crippen LogP contribution in [0.15, 0.2) is 47.4 Å². The lowest BCUT2D eigenvalue weighted by Gasteiger charge is -2.23. The number of rotatable bonds is 8. The van der Waals surface area contributed by atoms with Gasteiger partial charge in [0, 0.05) is 18.3 Å². The van der Waals surface area contributed by atoms with Crippen LogP contribution in [0.2, 0.25) is 0 Å². The molecule has 184 valence electrons. The van der Waals surface area contributed by atoms with Crippen LogP contribution in [0.25, 0.3) is 0 Å². The zero-order valence-corrected chi connectivity index (χ0v) is 18.8. The average molecular weight is 501 g/mol. The number of aliphatic hydroxyl groups excluding tert-OH is 1. The van der Waals surface area contributed by atoms with Crippen molar-refractivity contribution in [2.24, 2.45) is 0 Å². The molecule has 4 rings (SSSR count). The number of halogens is 2. The monoisotopic (exact) mass is 501 g/mol. The number of alkyl halides is 2. The molecule has 5 atom stereocenters. The second-order valence-corrected chi connectivity index (χ2v) is 9.43. The first-order valence-electron chi connectivity index (χ1n) is 10.3. The van der Waals surface area contributed by atoms with Gasteiger partial charge in [0.05, 0.1) is 13.2 Å². The summed E-state index contributed by atoms with van der Waals surface area (Å²) in [7, 11) is -4.32. The molecule has 0 aliphatic carbocycles. The Hall–Kier alpha value is -2.70. The van der Waals surface area contributed by atoms with E-state index in [9.17, 15) is 28.0 Å². The minimum absolute atomic E-state index is 0.0968. The topological polar surface area (TPSA) is 138 Å². The minimum Gasteiger partial charge on any atom is -0.464 e. The molecule has 3 heterocycles. The van der Waals surface area contributed by atoms with E-state index in [1.165, 1.54) is 25.1 Å². The lowest BCUT2D eigenvalue weighted by molar-refractivity contribution is -0.141. The average Bonchev–Trinajstić information content (AvgIpc) is 3.28. The Morgan fingerprint density at radius 1 is 1.29 bits per heavy atom. The van der Waals surface area contributed by atoms with Gasteiger partial charge in [0.15, 0.2) is 6.10 Å². The van der Waals surface area contributed by atoms with Gasteiger partial charge >= 0.3 is 25.3 Å². The maximum atomic E-state index is 14.8. The number of carbonyl (C=O) groups is 1. The number of hydrogen-bond acceptors (Lipinski definition) is 9. The number of nitrogens with one attached hydrogen (secondary N) is 1. The molecule has 2 fully saturated rings. The van der Waals surface area contributed by atoms with Crippen molar-refractivity contribution in [1.82, 2.24) is 14.6 Å². The summed E-state index contributed by atoms with van der Waals surface area (Å²) in [5, 5.41) is 12.6. The van der Waals surface area contributed by atoms with Crippen LogP contribution in [0.1, 0.15) is 18.3 Å². The van der Waals surface area contributed by atoms with Crippen LogP contribution in [0.4, 0.5) is 8.78 Å². The van der Waals surface area contributed by atoms with E-state index in [0.29, 0.717) is 10.3 Å². The number of carbonyl (C=O) groups excluding carboxylic acids is 1. The van der Waals surface area contributed by atoms with Crippen LogP contribution in [0.5, 0.6) is 5.75 Å². The smallest absolute Gasteiger partial charge is 0.459 e. The van der Waals surface area contributed by atoms with Crippen LogP contribution in [0, 0.1) is 6.92 Å². The fraction of sp³-hybridized carbons (Fsp3) is 0.450. The zero-order valence-electron chi connectivity index (χ0n) is 17.9. The first-order valence-corrected chi connectivity index (χ1v) is 11.8. The fourth-order valence-electron chi connectivity index (χ4n) is 3.47. The largest absolute Gasteiger partial charge is 0.464 e. The third-order valence-corrected chi connectivity index (χ3v) is 6.80. The van der Waals surface area contributed by atoms with E-state index in [2.05, 4.69) is 10.1 Å². The summed E-state index contributed by atoms with van der Waals surface area (Å²) >= 11 is 0. The van der Waals surface area contributed by atoms with Crippen LogP contribution in [-0.2, 0) is 23.4 Å². The van der Waals surface area contributed by atoms with Crippen LogP contribution in [0.3, 0.4) is 0 Å². The molecule has 2 N–H and O–H groups in total. The summed E-state index contributed by atoms with van der Waals surface area (Å²) in [4.78, 5) is 27.5. The van der Waals surface area contributed by atoms with Gasteiger partial charge in [-0.15, -0.1) is 0 Å². The molecule has 34 heavy (non-hydrogen) atoms. The molecular formula is C20H22F2N3O8P. The van der Waals surface area contributed by atoms with Crippen molar-refractivity contribution in [2.45, 2.75) is 43.7 Å². The Balaban J connectivity index is 1.52. The second-order valence-electron chi connectivity index (χ2n) is 7.74. The number of aliphatic hydroxyl groups is 1. The molecule has 2 aliphatic heterocycles. The molecule has 11 nitrogen and oxygen atoms in total. The van der Waals surface area contributed by atoms with Crippen molar-refractivity contribution in [2.75, 3.05) is 13.2 Å². The van der Waals surface area contributed by atoms with Crippen molar-refractivity contribution in [3.05, 3.63) is 58.8 Å². The van der Waals surface area contributed by atoms with Crippen molar-refractivity contribution >= 4 is 13.7 Å². The lowest BCUT2D eigenvalue weighted by Crippen LogP contribution is -2.42. The molecule has 2 aliphatic rings. The highest BCUT2D eigenvalue weighted by atomic mass is 31.2. The van der Waals surface area contributed by atoms with E-state index in [0.717, 1.165) is 6.20 Å². The highest BCUT2D eigenvalue weighted by molar-refractivity contribution is 7.52. The molecule has 5 unspecified atom stereocenters. The number of cyclic esters (lactones) is 1. The Bertz CT molecular complexity index is 1150. The number of aryl methyl sites for hydroxylation is 1. The highest BCUT2D eigenvalue weighted by Crippen LogP contribution is 2.48. The van der Waals surface area contributed by atoms with E-state index in [-0.39, 0.29) is 18.8 Å². The summed E-state index contributed by atoms with van der Waals surface area (Å²) in [5.74, 6) is -4.43. The Labute approximate surface area is 192 Å². The third-order valence-electron chi connectivity index (χ3n) is 5.23. The van der Waals surface area contributed by atoms with Crippen molar-refractivity contribution in [3.8, 4) is 5.75 Å². The quantitative estimate of drug-likeness (QED) is 0.405.